The average Bonchev–Trinajstić information content (AvgIpc) is 3.35. The number of carbonyl (C=O) groups excluding carboxylic acids is 4. The summed E-state index contributed by atoms with van der Waals surface area (Å²) >= 11 is 0. The minimum atomic E-state index is -1.96. The van der Waals surface area contributed by atoms with Crippen molar-refractivity contribution in [3.8, 4) is 5.75 Å². The first-order chi connectivity index (χ1) is 34.1. The second-order valence-electron chi connectivity index (χ2n) is 16.8. The van der Waals surface area contributed by atoms with E-state index in [-0.39, 0.29) is 63.3 Å². The van der Waals surface area contributed by atoms with E-state index in [0.29, 0.717) is 63.7 Å². The van der Waals surface area contributed by atoms with Crippen molar-refractivity contribution in [2.75, 3.05) is 92.4 Å². The predicted octanol–water partition coefficient (Wildman–Crippen LogP) is -4.81. The maximum absolute atomic E-state index is 12.5. The van der Waals surface area contributed by atoms with Crippen LogP contribution in [0, 0.1) is 0 Å². The van der Waals surface area contributed by atoms with Crippen LogP contribution in [-0.2, 0) is 61.8 Å². The number of aliphatic hydroxyl groups excluding tert-OH is 9. The smallest absolute Gasteiger partial charge is 0.258 e. The van der Waals surface area contributed by atoms with Gasteiger partial charge in [0.25, 0.3) is 5.91 Å². The van der Waals surface area contributed by atoms with Crippen molar-refractivity contribution in [2.24, 2.45) is 0 Å². The van der Waals surface area contributed by atoms with Gasteiger partial charge in [0.15, 0.2) is 31.3 Å². The Balaban J connectivity index is 1.06. The Hall–Kier alpha value is -3.46. The van der Waals surface area contributed by atoms with Gasteiger partial charge in [-0.05, 0) is 31.9 Å². The molecule has 0 bridgehead atoms. The van der Waals surface area contributed by atoms with Gasteiger partial charge in [-0.3, -0.25) is 19.2 Å². The van der Waals surface area contributed by atoms with Crippen LogP contribution in [0.25, 0.3) is 0 Å². The van der Waals surface area contributed by atoms with Gasteiger partial charge >= 0.3 is 0 Å². The van der Waals surface area contributed by atoms with Gasteiger partial charge in [-0.15, -0.1) is 0 Å². The summed E-state index contributed by atoms with van der Waals surface area (Å²) in [4.78, 5) is 48.1. The molecule has 71 heavy (non-hydrogen) atoms. The van der Waals surface area contributed by atoms with Crippen molar-refractivity contribution in [3.63, 3.8) is 0 Å². The SMILES string of the molecule is CC(=O)NC1[C@H](OCCCCC(=O)CCOCCOCCOCCOCCNC(=O)COc2cccc(C(C)=O)c2)OC(CO)[C@@H](O[C@@H]2OC(CO)[C@H](O)[C@H](O[C@H]3OC(CO)[C@H](O)[C@H](O)C3O)C2O)[C@@H]1O. The zero-order chi connectivity index (χ0) is 51.9. The number of benzene rings is 1. The van der Waals surface area contributed by atoms with E-state index >= 15 is 0 Å². The lowest BCUT2D eigenvalue weighted by molar-refractivity contribution is -0.376. The molecule has 3 aliphatic heterocycles. The molecule has 0 radical (unpaired) electrons. The lowest BCUT2D eigenvalue weighted by Crippen LogP contribution is -2.68. The number of ketones is 2. The van der Waals surface area contributed by atoms with Gasteiger partial charge in [-0.1, -0.05) is 12.1 Å². The van der Waals surface area contributed by atoms with Gasteiger partial charge in [0.1, 0.15) is 84.7 Å². The number of ether oxygens (including phenoxy) is 11. The van der Waals surface area contributed by atoms with Crippen LogP contribution in [0.2, 0.25) is 0 Å². The molecule has 406 valence electrons. The number of rotatable bonds is 33. The molecule has 11 N–H and O–H groups in total. The Labute approximate surface area is 410 Å². The van der Waals surface area contributed by atoms with Crippen LogP contribution in [0.5, 0.6) is 5.75 Å². The molecule has 6 unspecified atom stereocenters. The van der Waals surface area contributed by atoms with Crippen LogP contribution in [0.4, 0.5) is 0 Å². The fourth-order valence-corrected chi connectivity index (χ4v) is 7.55. The van der Waals surface area contributed by atoms with Crippen LogP contribution in [0.1, 0.15) is 49.9 Å². The summed E-state index contributed by atoms with van der Waals surface area (Å²) in [5.74, 6) is -0.633. The highest BCUT2D eigenvalue weighted by Crippen LogP contribution is 2.33. The standard InChI is InChI=1S/C45H72N2O24/c1-25(51)27-6-5-8-29(20-27)66-24-33(54)46-10-13-62-15-17-64-19-18-63-16-14-61-12-9-28(53)7-3-4-11-65-43-34(47-26(2)52)37(57)41(32(23-50)69-43)70-45-40(60)42(36(56)31(22-49)68-45)71-44-39(59)38(58)35(55)30(21-48)67-44/h5-6,8,20,30-32,34-45,48-50,55-60H,3-4,7,9-19,21-24H2,1-2H3,(H,46,54)(H,47,52)/t30?,31?,32?,34?,35-,36-,37+,38-,39?,40?,41+,42-,43+,44+,45-/m0/s1. The minimum absolute atomic E-state index is 0.0186. The molecule has 3 saturated heterocycles. The number of hydrogen-bond donors (Lipinski definition) is 11. The lowest BCUT2D eigenvalue weighted by atomic mass is 9.95. The first kappa shape index (κ1) is 60.1. The van der Waals surface area contributed by atoms with E-state index in [2.05, 4.69) is 10.6 Å². The fraction of sp³-hybridized carbons (Fsp3) is 0.778. The van der Waals surface area contributed by atoms with E-state index in [1.807, 2.05) is 0 Å². The zero-order valence-electron chi connectivity index (χ0n) is 39.8. The summed E-state index contributed by atoms with van der Waals surface area (Å²) in [6.45, 7) is 2.71. The highest BCUT2D eigenvalue weighted by atomic mass is 16.8. The molecule has 26 nitrogen and oxygen atoms in total. The van der Waals surface area contributed by atoms with Crippen molar-refractivity contribution in [1.29, 1.82) is 0 Å². The quantitative estimate of drug-likeness (QED) is 0.0232. The van der Waals surface area contributed by atoms with Crippen molar-refractivity contribution in [3.05, 3.63) is 29.8 Å². The number of hydrogen-bond acceptors (Lipinski definition) is 24. The molecule has 3 aliphatic rings. The molecule has 0 aromatic heterocycles. The van der Waals surface area contributed by atoms with Crippen molar-refractivity contribution >= 4 is 23.4 Å². The Morgan fingerprint density at radius 2 is 1.17 bits per heavy atom. The maximum Gasteiger partial charge on any atom is 0.258 e. The molecular weight excluding hydrogens is 952 g/mol. The highest BCUT2D eigenvalue weighted by molar-refractivity contribution is 5.94. The molecule has 0 saturated carbocycles. The number of Topliss-reactive ketones (excluding diaryl/α,β-unsaturated/α-hetero) is 2. The van der Waals surface area contributed by atoms with E-state index in [1.54, 1.807) is 24.3 Å². The second kappa shape index (κ2) is 32.0. The van der Waals surface area contributed by atoms with Crippen LogP contribution >= 0.6 is 0 Å². The van der Waals surface area contributed by atoms with E-state index in [1.165, 1.54) is 13.8 Å². The maximum atomic E-state index is 12.5. The van der Waals surface area contributed by atoms with Gasteiger partial charge in [-0.2, -0.15) is 0 Å². The molecule has 15 atom stereocenters. The molecular formula is C45H72N2O24. The monoisotopic (exact) mass is 1020 g/mol. The highest BCUT2D eigenvalue weighted by Gasteiger charge is 2.54. The van der Waals surface area contributed by atoms with Crippen LogP contribution in [0.15, 0.2) is 24.3 Å². The topological polar surface area (TPSA) is 376 Å². The minimum Gasteiger partial charge on any atom is -0.484 e. The number of amides is 2. The number of nitrogens with one attached hydrogen (secondary N) is 2. The van der Waals surface area contributed by atoms with Gasteiger partial charge in [-0.25, -0.2) is 0 Å². The Kier molecular flexibility index (Phi) is 27.1. The largest absolute Gasteiger partial charge is 0.484 e. The molecule has 26 heteroatoms. The summed E-state index contributed by atoms with van der Waals surface area (Å²) in [5.41, 5.74) is 0.497. The Morgan fingerprint density at radius 1 is 0.592 bits per heavy atom. The molecule has 4 rings (SSSR count). The first-order valence-corrected chi connectivity index (χ1v) is 23.5. The Bertz CT molecular complexity index is 1730. The summed E-state index contributed by atoms with van der Waals surface area (Å²) in [6.07, 6.45) is -22.2. The zero-order valence-corrected chi connectivity index (χ0v) is 39.8. The van der Waals surface area contributed by atoms with Crippen LogP contribution < -0.4 is 15.4 Å². The molecule has 0 spiro atoms. The van der Waals surface area contributed by atoms with Crippen LogP contribution in [0.3, 0.4) is 0 Å². The van der Waals surface area contributed by atoms with E-state index in [0.717, 1.165) is 0 Å². The molecule has 0 aliphatic carbocycles. The van der Waals surface area contributed by atoms with Crippen molar-refractivity contribution < 1.29 is 117 Å². The molecule has 2 amide bonds. The Morgan fingerprint density at radius 3 is 1.79 bits per heavy atom. The van der Waals surface area contributed by atoms with Crippen LogP contribution in [-0.4, -0.2) is 254 Å². The molecule has 1 aromatic carbocycles. The van der Waals surface area contributed by atoms with Gasteiger partial charge in [0, 0.05) is 38.5 Å². The van der Waals surface area contributed by atoms with Crippen molar-refractivity contribution in [1.82, 2.24) is 10.6 Å². The van der Waals surface area contributed by atoms with Gasteiger partial charge in [0.2, 0.25) is 5.91 Å². The van der Waals surface area contributed by atoms with E-state index in [9.17, 15) is 65.1 Å². The van der Waals surface area contributed by atoms with Crippen molar-refractivity contribution in [2.45, 2.75) is 132 Å². The lowest BCUT2D eigenvalue weighted by Gasteiger charge is -2.48. The summed E-state index contributed by atoms with van der Waals surface area (Å²) in [6, 6.07) is 5.29. The molecule has 3 fully saturated rings. The first-order valence-electron chi connectivity index (χ1n) is 23.5. The third-order valence-electron chi connectivity index (χ3n) is 11.4. The summed E-state index contributed by atoms with van der Waals surface area (Å²) in [5, 5.41) is 99.4. The third kappa shape index (κ3) is 19.4. The predicted molar refractivity (Wildman–Crippen MR) is 238 cm³/mol. The molecule has 3 heterocycles. The number of carbonyl (C=O) groups is 4. The summed E-state index contributed by atoms with van der Waals surface area (Å²) < 4.78 is 61.4. The average molecular weight is 1030 g/mol. The van der Waals surface area contributed by atoms with Gasteiger partial charge < -0.3 is 109 Å². The number of unbranched alkanes of at least 4 members (excludes halogenated alkanes) is 1. The van der Waals surface area contributed by atoms with Gasteiger partial charge in [0.05, 0.1) is 72.7 Å². The third-order valence-corrected chi connectivity index (χ3v) is 11.4. The van der Waals surface area contributed by atoms with E-state index in [4.69, 9.17) is 52.1 Å². The van der Waals surface area contributed by atoms with E-state index < -0.39 is 118 Å². The normalized spacial score (nSPS) is 30.9. The molecule has 1 aromatic rings. The number of aliphatic hydroxyl groups is 9. The second-order valence-corrected chi connectivity index (χ2v) is 16.8. The fourth-order valence-electron chi connectivity index (χ4n) is 7.55. The summed E-state index contributed by atoms with van der Waals surface area (Å²) in [7, 11) is 0.